The second kappa shape index (κ2) is 6.69. The van der Waals surface area contributed by atoms with Crippen molar-refractivity contribution >= 4 is 11.9 Å². The van der Waals surface area contributed by atoms with Gasteiger partial charge in [-0.25, -0.2) is 4.68 Å². The maximum Gasteiger partial charge on any atom is 0.325 e. The molecule has 21 heavy (non-hydrogen) atoms. The monoisotopic (exact) mass is 287 g/mol. The highest BCUT2D eigenvalue weighted by molar-refractivity contribution is 5.83. The number of aliphatic carboxylic acids is 1. The lowest BCUT2D eigenvalue weighted by Gasteiger charge is -2.08. The van der Waals surface area contributed by atoms with Crippen molar-refractivity contribution in [2.45, 2.75) is 25.8 Å². The number of carboxylic acid groups (broad SMARTS) is 1. The molecule has 1 aromatic carbocycles. The lowest BCUT2D eigenvalue weighted by Crippen LogP contribution is -2.38. The quantitative estimate of drug-likeness (QED) is 0.841. The molecule has 0 saturated carbocycles. The summed E-state index contributed by atoms with van der Waals surface area (Å²) in [5, 5.41) is 15.4. The first-order valence-electron chi connectivity index (χ1n) is 6.67. The van der Waals surface area contributed by atoms with Gasteiger partial charge in [-0.2, -0.15) is 5.10 Å². The maximum absolute atomic E-state index is 11.6. The standard InChI is InChI=1S/C15H17N3O3/c1-11(15(20)21)17-14(19)8-7-12-9-16-18(10-12)13-5-3-2-4-6-13/h2-6,9-11H,7-8H2,1H3,(H,17,19)(H,20,21). The van der Waals surface area contributed by atoms with Crippen LogP contribution in [-0.4, -0.2) is 32.8 Å². The molecular formula is C15H17N3O3. The highest BCUT2D eigenvalue weighted by Crippen LogP contribution is 2.09. The summed E-state index contributed by atoms with van der Waals surface area (Å²) in [5.74, 6) is -1.32. The topological polar surface area (TPSA) is 84.2 Å². The smallest absolute Gasteiger partial charge is 0.325 e. The van der Waals surface area contributed by atoms with Crippen LogP contribution in [0.1, 0.15) is 18.9 Å². The van der Waals surface area contributed by atoms with Gasteiger partial charge in [-0.05, 0) is 31.0 Å². The second-order valence-corrected chi connectivity index (χ2v) is 4.76. The molecule has 1 amide bonds. The molecule has 110 valence electrons. The molecule has 0 aliphatic heterocycles. The SMILES string of the molecule is CC(NC(=O)CCc1cnn(-c2ccccc2)c1)C(=O)O. The van der Waals surface area contributed by atoms with Crippen LogP contribution >= 0.6 is 0 Å². The number of amides is 1. The summed E-state index contributed by atoms with van der Waals surface area (Å²) >= 11 is 0. The molecule has 0 radical (unpaired) electrons. The van der Waals surface area contributed by atoms with Crippen molar-refractivity contribution in [3.63, 3.8) is 0 Å². The van der Waals surface area contributed by atoms with E-state index in [-0.39, 0.29) is 12.3 Å². The van der Waals surface area contributed by atoms with E-state index in [9.17, 15) is 9.59 Å². The third kappa shape index (κ3) is 4.17. The Morgan fingerprint density at radius 1 is 1.33 bits per heavy atom. The van der Waals surface area contributed by atoms with Crippen molar-refractivity contribution in [2.75, 3.05) is 0 Å². The minimum atomic E-state index is -1.04. The van der Waals surface area contributed by atoms with Crippen LogP contribution in [0.25, 0.3) is 5.69 Å². The molecule has 2 aromatic rings. The number of aromatic nitrogens is 2. The number of nitrogens with zero attached hydrogens (tertiary/aromatic N) is 2. The lowest BCUT2D eigenvalue weighted by molar-refractivity contribution is -0.141. The normalized spacial score (nSPS) is 11.9. The van der Waals surface area contributed by atoms with Gasteiger partial charge in [-0.3, -0.25) is 9.59 Å². The van der Waals surface area contributed by atoms with Gasteiger partial charge in [0, 0.05) is 12.6 Å². The summed E-state index contributed by atoms with van der Waals surface area (Å²) in [7, 11) is 0. The fraction of sp³-hybridized carbons (Fsp3) is 0.267. The molecule has 0 fully saturated rings. The first kappa shape index (κ1) is 14.8. The molecular weight excluding hydrogens is 270 g/mol. The zero-order chi connectivity index (χ0) is 15.2. The van der Waals surface area contributed by atoms with Gasteiger partial charge in [-0.1, -0.05) is 18.2 Å². The number of carbonyl (C=O) groups excluding carboxylic acids is 1. The molecule has 0 aliphatic carbocycles. The van der Waals surface area contributed by atoms with Crippen LogP contribution in [0, 0.1) is 0 Å². The molecule has 6 nitrogen and oxygen atoms in total. The van der Waals surface area contributed by atoms with E-state index >= 15 is 0 Å². The molecule has 2 N–H and O–H groups in total. The Morgan fingerprint density at radius 2 is 2.05 bits per heavy atom. The molecule has 1 unspecified atom stereocenters. The fourth-order valence-corrected chi connectivity index (χ4v) is 1.84. The van der Waals surface area contributed by atoms with E-state index in [1.165, 1.54) is 6.92 Å². The minimum Gasteiger partial charge on any atom is -0.480 e. The van der Waals surface area contributed by atoms with E-state index in [1.807, 2.05) is 36.5 Å². The summed E-state index contributed by atoms with van der Waals surface area (Å²) in [5.41, 5.74) is 1.88. The highest BCUT2D eigenvalue weighted by Gasteiger charge is 2.13. The van der Waals surface area contributed by atoms with Gasteiger partial charge in [0.1, 0.15) is 6.04 Å². The van der Waals surface area contributed by atoms with Crippen LogP contribution in [-0.2, 0) is 16.0 Å². The average molecular weight is 287 g/mol. The molecule has 1 aromatic heterocycles. The van der Waals surface area contributed by atoms with Gasteiger partial charge in [0.2, 0.25) is 5.91 Å². The van der Waals surface area contributed by atoms with Crippen molar-refractivity contribution in [3.05, 3.63) is 48.3 Å². The molecule has 0 spiro atoms. The Bertz CT molecular complexity index is 622. The van der Waals surface area contributed by atoms with Gasteiger partial charge in [0.15, 0.2) is 0 Å². The zero-order valence-electron chi connectivity index (χ0n) is 11.7. The molecule has 0 saturated heterocycles. The number of hydrogen-bond acceptors (Lipinski definition) is 3. The predicted molar refractivity (Wildman–Crippen MR) is 77.1 cm³/mol. The summed E-state index contributed by atoms with van der Waals surface area (Å²) in [6.07, 6.45) is 4.33. The Hall–Kier alpha value is -2.63. The van der Waals surface area contributed by atoms with Gasteiger partial charge < -0.3 is 10.4 Å². The third-order valence-corrected chi connectivity index (χ3v) is 3.05. The molecule has 2 rings (SSSR count). The number of carbonyl (C=O) groups is 2. The van der Waals surface area contributed by atoms with Gasteiger partial charge in [0.25, 0.3) is 0 Å². The molecule has 1 heterocycles. The number of hydrogen-bond donors (Lipinski definition) is 2. The van der Waals surface area contributed by atoms with Crippen LogP contribution in [0.3, 0.4) is 0 Å². The number of carboxylic acids is 1. The summed E-state index contributed by atoms with van der Waals surface area (Å²) in [6.45, 7) is 1.44. The first-order chi connectivity index (χ1) is 10.1. The van der Waals surface area contributed by atoms with Crippen LogP contribution < -0.4 is 5.32 Å². The zero-order valence-corrected chi connectivity index (χ0v) is 11.7. The van der Waals surface area contributed by atoms with E-state index < -0.39 is 12.0 Å². The Labute approximate surface area is 122 Å². The van der Waals surface area contributed by atoms with Gasteiger partial charge >= 0.3 is 5.97 Å². The van der Waals surface area contributed by atoms with E-state index in [1.54, 1.807) is 10.9 Å². The van der Waals surface area contributed by atoms with E-state index in [2.05, 4.69) is 10.4 Å². The Morgan fingerprint density at radius 3 is 2.71 bits per heavy atom. The summed E-state index contributed by atoms with van der Waals surface area (Å²) in [6, 6.07) is 8.80. The maximum atomic E-state index is 11.6. The van der Waals surface area contributed by atoms with Crippen molar-refractivity contribution in [1.82, 2.24) is 15.1 Å². The van der Waals surface area contributed by atoms with Crippen molar-refractivity contribution < 1.29 is 14.7 Å². The average Bonchev–Trinajstić information content (AvgIpc) is 2.95. The summed E-state index contributed by atoms with van der Waals surface area (Å²) in [4.78, 5) is 22.2. The lowest BCUT2D eigenvalue weighted by atomic mass is 10.2. The van der Waals surface area contributed by atoms with E-state index in [4.69, 9.17) is 5.11 Å². The Balaban J connectivity index is 1.89. The third-order valence-electron chi connectivity index (χ3n) is 3.05. The Kier molecular flexibility index (Phi) is 4.71. The molecule has 6 heteroatoms. The molecule has 0 bridgehead atoms. The minimum absolute atomic E-state index is 0.234. The number of para-hydroxylation sites is 1. The van der Waals surface area contributed by atoms with E-state index in [0.717, 1.165) is 11.3 Å². The van der Waals surface area contributed by atoms with Crippen LogP contribution in [0.15, 0.2) is 42.7 Å². The first-order valence-corrected chi connectivity index (χ1v) is 6.67. The van der Waals surface area contributed by atoms with Gasteiger partial charge in [0.05, 0.1) is 11.9 Å². The van der Waals surface area contributed by atoms with Crippen molar-refractivity contribution in [2.24, 2.45) is 0 Å². The number of rotatable bonds is 6. The number of aryl methyl sites for hydroxylation is 1. The van der Waals surface area contributed by atoms with Crippen LogP contribution in [0.2, 0.25) is 0 Å². The molecule has 1 atom stereocenters. The fourth-order valence-electron chi connectivity index (χ4n) is 1.84. The van der Waals surface area contributed by atoms with Gasteiger partial charge in [-0.15, -0.1) is 0 Å². The van der Waals surface area contributed by atoms with Crippen molar-refractivity contribution in [1.29, 1.82) is 0 Å². The predicted octanol–water partition coefficient (Wildman–Crippen LogP) is 1.39. The molecule has 0 aliphatic rings. The number of benzene rings is 1. The highest BCUT2D eigenvalue weighted by atomic mass is 16.4. The van der Waals surface area contributed by atoms with Crippen molar-refractivity contribution in [3.8, 4) is 5.69 Å². The number of nitrogens with one attached hydrogen (secondary N) is 1. The van der Waals surface area contributed by atoms with E-state index in [0.29, 0.717) is 6.42 Å². The largest absolute Gasteiger partial charge is 0.480 e. The summed E-state index contributed by atoms with van der Waals surface area (Å²) < 4.78 is 1.74. The van der Waals surface area contributed by atoms with Crippen LogP contribution in [0.4, 0.5) is 0 Å². The second-order valence-electron chi connectivity index (χ2n) is 4.76. The van der Waals surface area contributed by atoms with Crippen LogP contribution in [0.5, 0.6) is 0 Å².